The third kappa shape index (κ3) is 46.3. The zero-order valence-corrected chi connectivity index (χ0v) is 11.9. The van der Waals surface area contributed by atoms with Crippen molar-refractivity contribution < 1.29 is 146 Å². The van der Waals surface area contributed by atoms with E-state index in [9.17, 15) is 28.8 Å². The van der Waals surface area contributed by atoms with Crippen molar-refractivity contribution in [1.29, 1.82) is 0 Å². The molecule has 0 aliphatic carbocycles. The van der Waals surface area contributed by atoms with Gasteiger partial charge in [0.2, 0.25) is 0 Å². The maximum atomic E-state index is 9.36. The van der Waals surface area contributed by atoms with Gasteiger partial charge in [-0.1, -0.05) is 0 Å². The summed E-state index contributed by atoms with van der Waals surface area (Å²) in [6.45, 7) is 0. The van der Waals surface area contributed by atoms with Gasteiger partial charge in [0, 0.05) is 0 Å². The van der Waals surface area contributed by atoms with Gasteiger partial charge in [-0.3, -0.25) is 0 Å². The first-order valence-electron chi connectivity index (χ1n) is 1.63. The van der Waals surface area contributed by atoms with Gasteiger partial charge >= 0.3 is 113 Å². The molecule has 0 aliphatic heterocycles. The number of hydrogen-bond donors (Lipinski definition) is 0. The van der Waals surface area contributed by atoms with Gasteiger partial charge in [0.25, 0.3) is 0 Å². The first-order valence-corrected chi connectivity index (χ1v) is 4.90. The Morgan fingerprint density at radius 1 is 0.467 bits per heavy atom. The van der Waals surface area contributed by atoms with Crippen LogP contribution in [0.3, 0.4) is 0 Å². The summed E-state index contributed by atoms with van der Waals surface area (Å²) in [7, 11) is -11.8. The molecule has 0 N–H and O–H groups in total. The maximum absolute atomic E-state index is 9.36. The second-order valence-electron chi connectivity index (χ2n) is 1.10. The molecule has 15 heteroatoms. The van der Waals surface area contributed by atoms with E-state index in [0.29, 0.717) is 0 Å². The molecule has 15 heavy (non-hydrogen) atoms. The number of rotatable bonds is 2. The first kappa shape index (κ1) is 42.8. The van der Waals surface area contributed by atoms with Crippen molar-refractivity contribution in [1.82, 2.24) is 0 Å². The molecule has 0 fully saturated rings. The molecular weight excluding hydrogens is 210 g/mol. The van der Waals surface area contributed by atoms with Crippen molar-refractivity contribution >= 4 is 18.1 Å². The van der Waals surface area contributed by atoms with Gasteiger partial charge in [0.1, 0.15) is 0 Å². The van der Waals surface area contributed by atoms with Crippen LogP contribution in [0.15, 0.2) is 0 Å². The molecule has 0 unspecified atom stereocenters. The summed E-state index contributed by atoms with van der Waals surface area (Å²) in [6.07, 6.45) is 0. The quantitative estimate of drug-likeness (QED) is 0.410. The van der Waals surface area contributed by atoms with Gasteiger partial charge in [0.05, 0.1) is 0 Å². The van der Waals surface area contributed by atoms with Crippen molar-refractivity contribution in [3.63, 3.8) is 0 Å². The Morgan fingerprint density at radius 2 is 0.600 bits per heavy atom. The van der Waals surface area contributed by atoms with Gasteiger partial charge in [-0.25, -0.2) is 0 Å². The Morgan fingerprint density at radius 3 is 0.600 bits per heavy atom. The van der Waals surface area contributed by atoms with Crippen LogP contribution >= 0.6 is 0 Å². The number of hydrogen-bond acceptors (Lipinski definition) is 7. The smallest absolute Gasteiger partial charge is 0.862 e. The summed E-state index contributed by atoms with van der Waals surface area (Å²) in [5, 5.41) is 0. The van der Waals surface area contributed by atoms with Crippen molar-refractivity contribution in [3.05, 3.63) is 0 Å². The second kappa shape index (κ2) is 17.7. The van der Waals surface area contributed by atoms with Crippen LogP contribution in [0.4, 0.5) is 0 Å². The molecule has 0 heterocycles. The molecule has 0 atom stereocenters. The van der Waals surface area contributed by atoms with Crippen molar-refractivity contribution in [2.45, 2.75) is 0 Å². The van der Waals surface area contributed by atoms with E-state index >= 15 is 0 Å². The molecule has 0 amide bonds. The SMILES string of the molecule is [Li+].[Li+].[Li+].[Li+].[Li+].[Li+].[O-][Si]([O-])([O-])O[Si]([O-])([O-])[O-]. The Hall–Kier alpha value is 3.74. The van der Waals surface area contributed by atoms with Crippen LogP contribution < -0.4 is 142 Å². The summed E-state index contributed by atoms with van der Waals surface area (Å²) >= 11 is 0. The molecule has 0 aromatic carbocycles. The fourth-order valence-corrected chi connectivity index (χ4v) is 1.38. The summed E-state index contributed by atoms with van der Waals surface area (Å²) in [5.74, 6) is 0. The average molecular weight is 210 g/mol. The van der Waals surface area contributed by atoms with E-state index in [1.165, 1.54) is 0 Å². The predicted molar refractivity (Wildman–Crippen MR) is 12.6 cm³/mol. The molecule has 0 bridgehead atoms. The molecule has 0 aliphatic rings. The van der Waals surface area contributed by atoms with Crippen LogP contribution in [0.2, 0.25) is 0 Å². The molecular formula is Li6O7Si2. The van der Waals surface area contributed by atoms with Gasteiger partial charge in [-0.15, -0.1) is 18.1 Å². The Bertz CT molecular complexity index is 86.6. The molecule has 0 rings (SSSR count). The van der Waals surface area contributed by atoms with Gasteiger partial charge < -0.3 is 32.9 Å². The Labute approximate surface area is 162 Å². The fraction of sp³-hybridized carbons (Fsp3) is 0. The zero-order chi connectivity index (χ0) is 7.71. The largest absolute Gasteiger partial charge is 1.00 e. The fourth-order valence-electron chi connectivity index (χ4n) is 0.153. The van der Waals surface area contributed by atoms with E-state index in [1.54, 1.807) is 0 Å². The van der Waals surface area contributed by atoms with Crippen LogP contribution in [0.1, 0.15) is 0 Å². The van der Waals surface area contributed by atoms with E-state index in [2.05, 4.69) is 4.12 Å². The van der Waals surface area contributed by atoms with Crippen molar-refractivity contribution in [2.24, 2.45) is 0 Å². The minimum atomic E-state index is -5.92. The normalized spacial score (nSPS) is 8.40. The predicted octanol–water partition coefficient (Wildman–Crippen LogP) is -25.9. The Kier molecular flexibility index (Phi) is 50.6. The second-order valence-corrected chi connectivity index (χ2v) is 3.92. The van der Waals surface area contributed by atoms with E-state index in [-0.39, 0.29) is 113 Å². The maximum Gasteiger partial charge on any atom is 1.00 e. The third-order valence-electron chi connectivity index (χ3n) is 0.250. The molecule has 0 saturated heterocycles. The average Bonchev–Trinajstić information content (AvgIpc) is 1.14. The summed E-state index contributed by atoms with van der Waals surface area (Å²) < 4.78 is 2.57. The van der Waals surface area contributed by atoms with Crippen molar-refractivity contribution in [3.8, 4) is 0 Å². The molecule has 0 saturated carbocycles. The van der Waals surface area contributed by atoms with Gasteiger partial charge in [-0.05, 0) is 0 Å². The van der Waals surface area contributed by atoms with Crippen LogP contribution in [0.25, 0.3) is 0 Å². The minimum Gasteiger partial charge on any atom is -0.862 e. The third-order valence-corrected chi connectivity index (χ3v) is 2.25. The van der Waals surface area contributed by atoms with Crippen LogP contribution in [0.5, 0.6) is 0 Å². The van der Waals surface area contributed by atoms with Crippen LogP contribution in [-0.4, -0.2) is 18.1 Å². The van der Waals surface area contributed by atoms with E-state index < -0.39 is 18.1 Å². The first-order chi connectivity index (χ1) is 3.71. The summed E-state index contributed by atoms with van der Waals surface area (Å²) in [5.41, 5.74) is 0. The molecule has 7 nitrogen and oxygen atoms in total. The molecule has 56 valence electrons. The van der Waals surface area contributed by atoms with Crippen LogP contribution in [0, 0.1) is 0 Å². The topological polar surface area (TPSA) is 148 Å². The van der Waals surface area contributed by atoms with E-state index in [1.807, 2.05) is 0 Å². The zero-order valence-electron chi connectivity index (χ0n) is 9.86. The standard InChI is InChI=1S/6Li.O7Si2/c;;;;;;1-8(2,3)7-9(4,5)6/q6*+1;-6. The van der Waals surface area contributed by atoms with Gasteiger partial charge in [-0.2, -0.15) is 0 Å². The molecule has 0 spiro atoms. The molecule has 0 aromatic rings. The monoisotopic (exact) mass is 210 g/mol. The van der Waals surface area contributed by atoms with E-state index in [0.717, 1.165) is 0 Å². The minimum absolute atomic E-state index is 0. The molecule has 0 aromatic heterocycles. The Balaban J connectivity index is -0.0000000213. The molecule has 0 radical (unpaired) electrons. The summed E-state index contributed by atoms with van der Waals surface area (Å²) in [6, 6.07) is 0. The van der Waals surface area contributed by atoms with Crippen molar-refractivity contribution in [2.75, 3.05) is 0 Å². The van der Waals surface area contributed by atoms with Crippen LogP contribution in [-0.2, 0) is 4.12 Å². The van der Waals surface area contributed by atoms with Gasteiger partial charge in [0.15, 0.2) is 0 Å². The summed E-state index contributed by atoms with van der Waals surface area (Å²) in [4.78, 5) is 56.2. The van der Waals surface area contributed by atoms with E-state index in [4.69, 9.17) is 0 Å².